The Kier molecular flexibility index (Phi) is 7.40. The van der Waals surface area contributed by atoms with Crippen molar-refractivity contribution in [2.24, 2.45) is 0 Å². The van der Waals surface area contributed by atoms with Crippen LogP contribution >= 0.6 is 0 Å². The first-order chi connectivity index (χ1) is 12.0. The van der Waals surface area contributed by atoms with Crippen LogP contribution in [0.2, 0.25) is 0 Å². The molecule has 6 nitrogen and oxygen atoms in total. The summed E-state index contributed by atoms with van der Waals surface area (Å²) >= 11 is 0. The number of likely N-dealkylation sites (tertiary alicyclic amines) is 1. The molecule has 7 heteroatoms. The maximum atomic E-state index is 12.4. The molecule has 1 aliphatic heterocycles. The van der Waals surface area contributed by atoms with E-state index in [0.29, 0.717) is 12.1 Å². The monoisotopic (exact) mass is 367 g/mol. The fourth-order valence-corrected chi connectivity index (χ4v) is 4.05. The molecule has 1 fully saturated rings. The lowest BCUT2D eigenvalue weighted by Crippen LogP contribution is -2.44. The van der Waals surface area contributed by atoms with Gasteiger partial charge in [-0.1, -0.05) is 20.3 Å². The third kappa shape index (κ3) is 5.80. The number of piperidine rings is 1. The van der Waals surface area contributed by atoms with Crippen LogP contribution in [0.5, 0.6) is 0 Å². The molecular formula is C18H29N3O3S. The van der Waals surface area contributed by atoms with E-state index < -0.39 is 10.0 Å². The molecule has 1 amide bonds. The van der Waals surface area contributed by atoms with Crippen LogP contribution in [0.3, 0.4) is 0 Å². The summed E-state index contributed by atoms with van der Waals surface area (Å²) in [7, 11) is -3.48. The van der Waals surface area contributed by atoms with E-state index in [1.807, 2.05) is 0 Å². The van der Waals surface area contributed by atoms with Crippen LogP contribution in [0.25, 0.3) is 0 Å². The largest absolute Gasteiger partial charge is 0.349 e. The van der Waals surface area contributed by atoms with E-state index in [-0.39, 0.29) is 16.8 Å². The number of benzene rings is 1. The van der Waals surface area contributed by atoms with E-state index in [1.54, 1.807) is 19.1 Å². The summed E-state index contributed by atoms with van der Waals surface area (Å²) in [6.07, 6.45) is 4.35. The molecule has 140 valence electrons. The Morgan fingerprint density at radius 2 is 1.80 bits per heavy atom. The van der Waals surface area contributed by atoms with E-state index in [0.717, 1.165) is 32.5 Å². The molecule has 25 heavy (non-hydrogen) atoms. The Labute approximate surface area is 151 Å². The summed E-state index contributed by atoms with van der Waals surface area (Å²) in [6, 6.07) is 6.27. The predicted octanol–water partition coefficient (Wildman–Crippen LogP) is 1.98. The van der Waals surface area contributed by atoms with E-state index in [1.165, 1.54) is 25.0 Å². The van der Waals surface area contributed by atoms with Crippen LogP contribution in [-0.2, 0) is 10.0 Å². The molecule has 1 aromatic rings. The second-order valence-corrected chi connectivity index (χ2v) is 8.24. The zero-order chi connectivity index (χ0) is 18.3. The standard InChI is InChI=1S/C18H29N3O3S/c1-3-5-12-21-13-10-16(11-14-21)20-18(22)15-6-8-17(9-7-15)25(23,24)19-4-2/h6-9,16,19H,3-5,10-14H2,1-2H3,(H,20,22). The second-order valence-electron chi connectivity index (χ2n) is 6.47. The van der Waals surface area contributed by atoms with Crippen LogP contribution in [0.4, 0.5) is 0 Å². The number of nitrogens with zero attached hydrogens (tertiary/aromatic N) is 1. The highest BCUT2D eigenvalue weighted by molar-refractivity contribution is 7.89. The number of hydrogen-bond donors (Lipinski definition) is 2. The number of nitrogens with one attached hydrogen (secondary N) is 2. The molecule has 0 bridgehead atoms. The minimum absolute atomic E-state index is 0.139. The molecule has 1 aliphatic rings. The highest BCUT2D eigenvalue weighted by Gasteiger charge is 2.21. The van der Waals surface area contributed by atoms with Crippen molar-refractivity contribution in [3.05, 3.63) is 29.8 Å². The van der Waals surface area contributed by atoms with Crippen LogP contribution < -0.4 is 10.0 Å². The molecule has 0 unspecified atom stereocenters. The molecule has 0 saturated carbocycles. The van der Waals surface area contributed by atoms with Crippen molar-refractivity contribution >= 4 is 15.9 Å². The number of hydrogen-bond acceptors (Lipinski definition) is 4. The Hall–Kier alpha value is -1.44. The fourth-order valence-electron chi connectivity index (χ4n) is 3.01. The first-order valence-corrected chi connectivity index (χ1v) is 10.6. The number of carbonyl (C=O) groups is 1. The molecule has 1 heterocycles. The van der Waals surface area contributed by atoms with Gasteiger partial charge in [0.25, 0.3) is 5.91 Å². The molecule has 0 atom stereocenters. The van der Waals surface area contributed by atoms with E-state index in [2.05, 4.69) is 21.9 Å². The maximum absolute atomic E-state index is 12.4. The summed E-state index contributed by atoms with van der Waals surface area (Å²) in [4.78, 5) is 15.0. The summed E-state index contributed by atoms with van der Waals surface area (Å²) in [5, 5.41) is 3.06. The van der Waals surface area contributed by atoms with Gasteiger partial charge in [0, 0.05) is 31.2 Å². The van der Waals surface area contributed by atoms with Gasteiger partial charge < -0.3 is 10.2 Å². The number of sulfonamides is 1. The van der Waals surface area contributed by atoms with Crippen LogP contribution in [-0.4, -0.2) is 51.4 Å². The van der Waals surface area contributed by atoms with Crippen LogP contribution in [0.15, 0.2) is 29.2 Å². The molecular weight excluding hydrogens is 338 g/mol. The van der Waals surface area contributed by atoms with Gasteiger partial charge in [-0.15, -0.1) is 0 Å². The van der Waals surface area contributed by atoms with E-state index in [4.69, 9.17) is 0 Å². The van der Waals surface area contributed by atoms with Crippen molar-refractivity contribution in [2.75, 3.05) is 26.2 Å². The van der Waals surface area contributed by atoms with Crippen molar-refractivity contribution < 1.29 is 13.2 Å². The molecule has 0 spiro atoms. The number of carbonyl (C=O) groups excluding carboxylic acids is 1. The highest BCUT2D eigenvalue weighted by Crippen LogP contribution is 2.14. The number of unbranched alkanes of at least 4 members (excludes halogenated alkanes) is 1. The SMILES string of the molecule is CCCCN1CCC(NC(=O)c2ccc(S(=O)(=O)NCC)cc2)CC1. The Morgan fingerprint density at radius 3 is 2.36 bits per heavy atom. The Morgan fingerprint density at radius 1 is 1.16 bits per heavy atom. The van der Waals surface area contributed by atoms with Gasteiger partial charge >= 0.3 is 0 Å². The Balaban J connectivity index is 1.87. The van der Waals surface area contributed by atoms with Crippen molar-refractivity contribution in [1.29, 1.82) is 0 Å². The van der Waals surface area contributed by atoms with Crippen molar-refractivity contribution in [3.8, 4) is 0 Å². The zero-order valence-electron chi connectivity index (χ0n) is 15.1. The highest BCUT2D eigenvalue weighted by atomic mass is 32.2. The first kappa shape index (κ1) is 19.9. The zero-order valence-corrected chi connectivity index (χ0v) is 15.9. The smallest absolute Gasteiger partial charge is 0.251 e. The average molecular weight is 368 g/mol. The molecule has 1 saturated heterocycles. The minimum Gasteiger partial charge on any atom is -0.349 e. The van der Waals surface area contributed by atoms with Gasteiger partial charge in [0.1, 0.15) is 0 Å². The van der Waals surface area contributed by atoms with E-state index in [9.17, 15) is 13.2 Å². The number of rotatable bonds is 8. The lowest BCUT2D eigenvalue weighted by atomic mass is 10.0. The van der Waals surface area contributed by atoms with Crippen LogP contribution in [0.1, 0.15) is 49.9 Å². The summed E-state index contributed by atoms with van der Waals surface area (Å²) < 4.78 is 26.3. The normalized spacial score (nSPS) is 16.7. The average Bonchev–Trinajstić information content (AvgIpc) is 2.61. The lowest BCUT2D eigenvalue weighted by Gasteiger charge is -2.32. The fraction of sp³-hybridized carbons (Fsp3) is 0.611. The minimum atomic E-state index is -3.48. The maximum Gasteiger partial charge on any atom is 0.251 e. The van der Waals surface area contributed by atoms with Crippen molar-refractivity contribution in [3.63, 3.8) is 0 Å². The molecule has 0 radical (unpaired) electrons. The molecule has 0 aliphatic carbocycles. The first-order valence-electron chi connectivity index (χ1n) is 9.09. The third-order valence-electron chi connectivity index (χ3n) is 4.51. The van der Waals surface area contributed by atoms with Gasteiger partial charge in [0.05, 0.1) is 4.90 Å². The van der Waals surface area contributed by atoms with Gasteiger partial charge in [-0.2, -0.15) is 0 Å². The molecule has 2 N–H and O–H groups in total. The Bertz CT molecular complexity index is 651. The number of amides is 1. The van der Waals surface area contributed by atoms with Crippen molar-refractivity contribution in [1.82, 2.24) is 14.9 Å². The van der Waals surface area contributed by atoms with Gasteiger partial charge in [-0.3, -0.25) is 4.79 Å². The quantitative estimate of drug-likeness (QED) is 0.736. The van der Waals surface area contributed by atoms with Crippen LogP contribution in [0, 0.1) is 0 Å². The third-order valence-corrected chi connectivity index (χ3v) is 6.07. The second kappa shape index (κ2) is 9.31. The van der Waals surface area contributed by atoms with Gasteiger partial charge in [0.15, 0.2) is 0 Å². The van der Waals surface area contributed by atoms with Gasteiger partial charge in [-0.05, 0) is 50.1 Å². The van der Waals surface area contributed by atoms with Crippen molar-refractivity contribution in [2.45, 2.75) is 50.5 Å². The lowest BCUT2D eigenvalue weighted by molar-refractivity contribution is 0.0910. The molecule has 2 rings (SSSR count). The van der Waals surface area contributed by atoms with E-state index >= 15 is 0 Å². The summed E-state index contributed by atoms with van der Waals surface area (Å²) in [5.41, 5.74) is 0.490. The molecule has 0 aromatic heterocycles. The van der Waals surface area contributed by atoms with Gasteiger partial charge in [-0.25, -0.2) is 13.1 Å². The summed E-state index contributed by atoms with van der Waals surface area (Å²) in [5.74, 6) is -0.139. The predicted molar refractivity (Wildman–Crippen MR) is 99.1 cm³/mol. The van der Waals surface area contributed by atoms with Gasteiger partial charge in [0.2, 0.25) is 10.0 Å². The molecule has 1 aromatic carbocycles. The summed E-state index contributed by atoms with van der Waals surface area (Å²) in [6.45, 7) is 7.44. The topological polar surface area (TPSA) is 78.5 Å².